The van der Waals surface area contributed by atoms with Crippen molar-refractivity contribution in [3.63, 3.8) is 0 Å². The average Bonchev–Trinajstić information content (AvgIpc) is 2.57. The fourth-order valence-electron chi connectivity index (χ4n) is 2.02. The van der Waals surface area contributed by atoms with E-state index in [-0.39, 0.29) is 17.1 Å². The topological polar surface area (TPSA) is 49.4 Å². The van der Waals surface area contributed by atoms with Gasteiger partial charge in [0.1, 0.15) is 11.6 Å². The van der Waals surface area contributed by atoms with Gasteiger partial charge in [0.15, 0.2) is 0 Å². The van der Waals surface area contributed by atoms with Crippen molar-refractivity contribution in [2.24, 2.45) is 0 Å². The second-order valence-electron chi connectivity index (χ2n) is 5.34. The Morgan fingerprint density at radius 2 is 1.77 bits per heavy atom. The largest absolute Gasteiger partial charge is 0.333 e. The summed E-state index contributed by atoms with van der Waals surface area (Å²) >= 11 is 11.7. The first-order valence-electron chi connectivity index (χ1n) is 7.40. The van der Waals surface area contributed by atoms with Crippen LogP contribution in [0.15, 0.2) is 42.5 Å². The van der Waals surface area contributed by atoms with E-state index < -0.39 is 23.4 Å². The van der Waals surface area contributed by atoms with Crippen molar-refractivity contribution in [3.05, 3.63) is 69.7 Å². The highest BCUT2D eigenvalue weighted by molar-refractivity contribution is 6.42. The number of anilines is 1. The molecule has 2 aromatic rings. The molecule has 0 unspecified atom stereocenters. The van der Waals surface area contributed by atoms with Crippen molar-refractivity contribution in [1.29, 1.82) is 0 Å². The maximum atomic E-state index is 13.5. The fraction of sp³-hybridized carbons (Fsp3) is 0.111. The van der Waals surface area contributed by atoms with Crippen LogP contribution in [-0.4, -0.2) is 30.3 Å². The maximum absolute atomic E-state index is 13.5. The van der Waals surface area contributed by atoms with Gasteiger partial charge in [0, 0.05) is 24.4 Å². The van der Waals surface area contributed by atoms with E-state index in [0.29, 0.717) is 10.7 Å². The van der Waals surface area contributed by atoms with Gasteiger partial charge in [-0.1, -0.05) is 29.3 Å². The van der Waals surface area contributed by atoms with E-state index in [1.165, 1.54) is 25.2 Å². The first-order valence-corrected chi connectivity index (χ1v) is 8.15. The first kappa shape index (κ1) is 19.9. The Balaban J connectivity index is 1.96. The van der Waals surface area contributed by atoms with Gasteiger partial charge in [0.05, 0.1) is 16.6 Å². The predicted molar refractivity (Wildman–Crippen MR) is 98.1 cm³/mol. The van der Waals surface area contributed by atoms with Crippen LogP contribution in [-0.2, 0) is 9.59 Å². The Hall–Kier alpha value is -2.44. The van der Waals surface area contributed by atoms with Gasteiger partial charge in [-0.2, -0.15) is 0 Å². The number of nitrogens with zero attached hydrogens (tertiary/aromatic N) is 1. The summed E-state index contributed by atoms with van der Waals surface area (Å²) in [5, 5.41) is 3.20. The molecule has 0 aliphatic heterocycles. The molecule has 2 amide bonds. The molecule has 2 rings (SSSR count). The summed E-state index contributed by atoms with van der Waals surface area (Å²) in [6.45, 7) is -0.261. The summed E-state index contributed by atoms with van der Waals surface area (Å²) in [6, 6.07) is 7.96. The Kier molecular flexibility index (Phi) is 6.71. The zero-order valence-corrected chi connectivity index (χ0v) is 15.1. The van der Waals surface area contributed by atoms with Gasteiger partial charge < -0.3 is 10.2 Å². The SMILES string of the molecule is CN(CC(=O)Nc1ccc(Cl)c(Cl)c1)C(=O)/C=C/c1c(F)cccc1F. The number of halogens is 4. The Labute approximate surface area is 159 Å². The molecular weight excluding hydrogens is 385 g/mol. The van der Waals surface area contributed by atoms with Crippen LogP contribution >= 0.6 is 23.2 Å². The lowest BCUT2D eigenvalue weighted by atomic mass is 10.2. The van der Waals surface area contributed by atoms with Crippen LogP contribution in [0.5, 0.6) is 0 Å². The molecule has 8 heteroatoms. The standard InChI is InChI=1S/C18H14Cl2F2N2O2/c1-24(10-17(25)23-11-5-7-13(19)14(20)9-11)18(26)8-6-12-15(21)3-2-4-16(12)22/h2-9H,10H2,1H3,(H,23,25)/b8-6+. The van der Waals surface area contributed by atoms with Crippen molar-refractivity contribution < 1.29 is 18.4 Å². The van der Waals surface area contributed by atoms with Gasteiger partial charge in [-0.3, -0.25) is 9.59 Å². The van der Waals surface area contributed by atoms with Crippen LogP contribution < -0.4 is 5.32 Å². The number of nitrogens with one attached hydrogen (secondary N) is 1. The summed E-state index contributed by atoms with van der Waals surface area (Å²) < 4.78 is 27.0. The van der Waals surface area contributed by atoms with Crippen molar-refractivity contribution >= 4 is 46.8 Å². The molecule has 0 heterocycles. The van der Waals surface area contributed by atoms with E-state index in [1.807, 2.05) is 0 Å². The van der Waals surface area contributed by atoms with Crippen LogP contribution in [0.25, 0.3) is 6.08 Å². The second kappa shape index (κ2) is 8.78. The van der Waals surface area contributed by atoms with Crippen LogP contribution in [0.4, 0.5) is 14.5 Å². The number of benzene rings is 2. The van der Waals surface area contributed by atoms with Gasteiger partial charge in [-0.05, 0) is 36.4 Å². The van der Waals surface area contributed by atoms with Crippen molar-refractivity contribution in [1.82, 2.24) is 4.90 Å². The minimum absolute atomic E-state index is 0.261. The summed E-state index contributed by atoms with van der Waals surface area (Å²) in [7, 11) is 1.39. The molecule has 0 saturated heterocycles. The van der Waals surface area contributed by atoms with Crippen molar-refractivity contribution in [2.45, 2.75) is 0 Å². The molecule has 26 heavy (non-hydrogen) atoms. The molecule has 136 valence electrons. The maximum Gasteiger partial charge on any atom is 0.246 e. The molecule has 2 aromatic carbocycles. The third-order valence-electron chi connectivity index (χ3n) is 3.35. The highest BCUT2D eigenvalue weighted by Gasteiger charge is 2.12. The van der Waals surface area contributed by atoms with Gasteiger partial charge in [0.2, 0.25) is 11.8 Å². The Morgan fingerprint density at radius 3 is 2.38 bits per heavy atom. The molecule has 4 nitrogen and oxygen atoms in total. The summed E-state index contributed by atoms with van der Waals surface area (Å²) in [5.41, 5.74) is 0.101. The van der Waals surface area contributed by atoms with Gasteiger partial charge in [-0.15, -0.1) is 0 Å². The third-order valence-corrected chi connectivity index (χ3v) is 4.09. The monoisotopic (exact) mass is 398 g/mol. The molecule has 0 bridgehead atoms. The van der Waals surface area contributed by atoms with Crippen molar-refractivity contribution in [3.8, 4) is 0 Å². The summed E-state index contributed by atoms with van der Waals surface area (Å²) in [5.74, 6) is -2.62. The van der Waals surface area contributed by atoms with Gasteiger partial charge in [-0.25, -0.2) is 8.78 Å². The molecule has 1 N–H and O–H groups in total. The zero-order chi connectivity index (χ0) is 19.3. The number of rotatable bonds is 5. The van der Waals surface area contributed by atoms with Crippen LogP contribution in [0.1, 0.15) is 5.56 Å². The Morgan fingerprint density at radius 1 is 1.12 bits per heavy atom. The number of carbonyl (C=O) groups is 2. The minimum Gasteiger partial charge on any atom is -0.333 e. The van der Waals surface area contributed by atoms with E-state index in [4.69, 9.17) is 23.2 Å². The smallest absolute Gasteiger partial charge is 0.246 e. The van der Waals surface area contributed by atoms with E-state index >= 15 is 0 Å². The van der Waals surface area contributed by atoms with Crippen molar-refractivity contribution in [2.75, 3.05) is 18.9 Å². The zero-order valence-electron chi connectivity index (χ0n) is 13.6. The molecule has 0 fully saturated rings. The van der Waals surface area contributed by atoms with E-state index in [2.05, 4.69) is 5.32 Å². The van der Waals surface area contributed by atoms with Gasteiger partial charge >= 0.3 is 0 Å². The molecule has 0 radical (unpaired) electrons. The number of carbonyl (C=O) groups excluding carboxylic acids is 2. The number of amides is 2. The highest BCUT2D eigenvalue weighted by Crippen LogP contribution is 2.24. The van der Waals surface area contributed by atoms with Crippen LogP contribution in [0.2, 0.25) is 10.0 Å². The molecular formula is C18H14Cl2F2N2O2. The number of likely N-dealkylation sites (N-methyl/N-ethyl adjacent to an activating group) is 1. The van der Waals surface area contributed by atoms with Crippen LogP contribution in [0.3, 0.4) is 0 Å². The van der Waals surface area contributed by atoms with Gasteiger partial charge in [0.25, 0.3) is 0 Å². The third kappa shape index (κ3) is 5.28. The molecule has 0 saturated carbocycles. The summed E-state index contributed by atoms with van der Waals surface area (Å²) in [6.07, 6.45) is 2.02. The lowest BCUT2D eigenvalue weighted by Crippen LogP contribution is -2.33. The quantitative estimate of drug-likeness (QED) is 0.759. The minimum atomic E-state index is -0.783. The lowest BCUT2D eigenvalue weighted by molar-refractivity contribution is -0.129. The van der Waals surface area contributed by atoms with E-state index in [0.717, 1.165) is 29.2 Å². The first-order chi connectivity index (χ1) is 12.3. The molecule has 0 aromatic heterocycles. The molecule has 0 aliphatic rings. The highest BCUT2D eigenvalue weighted by atomic mass is 35.5. The second-order valence-corrected chi connectivity index (χ2v) is 6.15. The summed E-state index contributed by atoms with van der Waals surface area (Å²) in [4.78, 5) is 25.1. The van der Waals surface area contributed by atoms with Crippen LogP contribution in [0, 0.1) is 11.6 Å². The molecule has 0 atom stereocenters. The molecule has 0 aliphatic carbocycles. The average molecular weight is 399 g/mol. The van der Waals surface area contributed by atoms with E-state index in [9.17, 15) is 18.4 Å². The normalized spacial score (nSPS) is 10.8. The fourth-order valence-corrected chi connectivity index (χ4v) is 2.32. The lowest BCUT2D eigenvalue weighted by Gasteiger charge is -2.15. The number of hydrogen-bond acceptors (Lipinski definition) is 2. The predicted octanol–water partition coefficient (Wildman–Crippen LogP) is 4.38. The Bertz CT molecular complexity index is 852. The number of hydrogen-bond donors (Lipinski definition) is 1. The van der Waals surface area contributed by atoms with E-state index in [1.54, 1.807) is 6.07 Å². The molecule has 0 spiro atoms.